The Morgan fingerprint density at radius 1 is 1.27 bits per heavy atom. The van der Waals surface area contributed by atoms with E-state index in [-0.39, 0.29) is 5.78 Å². The highest BCUT2D eigenvalue weighted by Gasteiger charge is 2.09. The first-order valence-electron chi connectivity index (χ1n) is 4.58. The summed E-state index contributed by atoms with van der Waals surface area (Å²) in [6, 6.07) is 3.50. The molecular formula is C11H15NO3. The van der Waals surface area contributed by atoms with E-state index < -0.39 is 0 Å². The minimum Gasteiger partial charge on any atom is -0.494 e. The average molecular weight is 209 g/mol. The Morgan fingerprint density at radius 2 is 1.73 bits per heavy atom. The summed E-state index contributed by atoms with van der Waals surface area (Å²) in [5, 5.41) is 0. The van der Waals surface area contributed by atoms with Gasteiger partial charge in [-0.3, -0.25) is 4.79 Å². The molecule has 0 spiro atoms. The number of hydrogen-bond donors (Lipinski definition) is 1. The summed E-state index contributed by atoms with van der Waals surface area (Å²) in [6.45, 7) is 1.54. The maximum absolute atomic E-state index is 11.0. The number of nitrogens with two attached hydrogens (primary N) is 1. The zero-order valence-corrected chi connectivity index (χ0v) is 9.16. The standard InChI is InChI=1S/C11H15NO3/c1-7(13)4-8-5-9(14-2)11(12)10(6-8)15-3/h5-6H,4,12H2,1-3H3. The lowest BCUT2D eigenvalue weighted by Crippen LogP contribution is -2.01. The van der Waals surface area contributed by atoms with E-state index in [1.807, 2.05) is 0 Å². The lowest BCUT2D eigenvalue weighted by Gasteiger charge is -2.11. The lowest BCUT2D eigenvalue weighted by atomic mass is 10.1. The number of methoxy groups -OCH3 is 2. The van der Waals surface area contributed by atoms with Gasteiger partial charge in [0.05, 0.1) is 14.2 Å². The number of ketones is 1. The third kappa shape index (κ3) is 2.62. The molecule has 0 aliphatic heterocycles. The van der Waals surface area contributed by atoms with Crippen molar-refractivity contribution in [2.45, 2.75) is 13.3 Å². The van der Waals surface area contributed by atoms with Crippen LogP contribution in [0.15, 0.2) is 12.1 Å². The van der Waals surface area contributed by atoms with Gasteiger partial charge in [0.15, 0.2) is 0 Å². The van der Waals surface area contributed by atoms with Gasteiger partial charge in [-0.25, -0.2) is 0 Å². The largest absolute Gasteiger partial charge is 0.494 e. The zero-order valence-electron chi connectivity index (χ0n) is 9.16. The minimum atomic E-state index is 0.0869. The van der Waals surface area contributed by atoms with Gasteiger partial charge in [0.25, 0.3) is 0 Å². The molecule has 0 aromatic heterocycles. The Balaban J connectivity index is 3.14. The molecule has 0 saturated heterocycles. The summed E-state index contributed by atoms with van der Waals surface area (Å²) in [5.74, 6) is 1.15. The molecule has 0 fully saturated rings. The minimum absolute atomic E-state index is 0.0869. The molecule has 0 unspecified atom stereocenters. The molecule has 15 heavy (non-hydrogen) atoms. The number of nitrogen functional groups attached to an aromatic ring is 1. The summed E-state index contributed by atoms with van der Waals surface area (Å²) < 4.78 is 10.2. The van der Waals surface area contributed by atoms with Crippen molar-refractivity contribution in [3.63, 3.8) is 0 Å². The number of rotatable bonds is 4. The molecular weight excluding hydrogens is 194 g/mol. The molecule has 0 radical (unpaired) electrons. The van der Waals surface area contributed by atoms with Crippen molar-refractivity contribution in [1.82, 2.24) is 0 Å². The van der Waals surface area contributed by atoms with E-state index in [0.717, 1.165) is 5.56 Å². The maximum atomic E-state index is 11.0. The van der Waals surface area contributed by atoms with Gasteiger partial charge in [-0.15, -0.1) is 0 Å². The predicted molar refractivity (Wildman–Crippen MR) is 58.3 cm³/mol. The fourth-order valence-electron chi connectivity index (χ4n) is 1.38. The molecule has 0 aliphatic carbocycles. The molecule has 82 valence electrons. The van der Waals surface area contributed by atoms with E-state index in [4.69, 9.17) is 15.2 Å². The van der Waals surface area contributed by atoms with Gasteiger partial charge in [-0.1, -0.05) is 0 Å². The van der Waals surface area contributed by atoms with Crippen molar-refractivity contribution in [2.75, 3.05) is 20.0 Å². The number of benzene rings is 1. The van der Waals surface area contributed by atoms with Gasteiger partial charge in [0, 0.05) is 6.42 Å². The van der Waals surface area contributed by atoms with Crippen LogP contribution in [0.4, 0.5) is 5.69 Å². The van der Waals surface area contributed by atoms with Gasteiger partial charge in [0.2, 0.25) is 0 Å². The fraction of sp³-hybridized carbons (Fsp3) is 0.364. The summed E-state index contributed by atoms with van der Waals surface area (Å²) in [4.78, 5) is 11.0. The van der Waals surface area contributed by atoms with E-state index in [0.29, 0.717) is 23.6 Å². The van der Waals surface area contributed by atoms with Crippen LogP contribution < -0.4 is 15.2 Å². The van der Waals surface area contributed by atoms with E-state index >= 15 is 0 Å². The Bertz CT molecular complexity index is 349. The Hall–Kier alpha value is -1.71. The molecule has 0 amide bonds. The van der Waals surface area contributed by atoms with Crippen LogP contribution in [0.1, 0.15) is 12.5 Å². The monoisotopic (exact) mass is 209 g/mol. The smallest absolute Gasteiger partial charge is 0.145 e. The van der Waals surface area contributed by atoms with Crippen LogP contribution in [-0.2, 0) is 11.2 Å². The second kappa shape index (κ2) is 4.68. The normalized spacial score (nSPS) is 9.80. The Morgan fingerprint density at radius 3 is 2.07 bits per heavy atom. The average Bonchev–Trinajstić information content (AvgIpc) is 2.19. The third-order valence-corrected chi connectivity index (χ3v) is 2.06. The predicted octanol–water partition coefficient (Wildman–Crippen LogP) is 1.42. The first kappa shape index (κ1) is 11.4. The van der Waals surface area contributed by atoms with Crippen molar-refractivity contribution in [1.29, 1.82) is 0 Å². The molecule has 0 saturated carbocycles. The van der Waals surface area contributed by atoms with Crippen LogP contribution in [0.3, 0.4) is 0 Å². The summed E-state index contributed by atoms with van der Waals surface area (Å²) in [5.41, 5.74) is 7.06. The lowest BCUT2D eigenvalue weighted by molar-refractivity contribution is -0.116. The topological polar surface area (TPSA) is 61.5 Å². The molecule has 4 nitrogen and oxygen atoms in total. The van der Waals surface area contributed by atoms with Gasteiger partial charge < -0.3 is 15.2 Å². The zero-order chi connectivity index (χ0) is 11.4. The van der Waals surface area contributed by atoms with Crippen LogP contribution in [0.2, 0.25) is 0 Å². The van der Waals surface area contributed by atoms with Crippen LogP contribution in [0, 0.1) is 0 Å². The molecule has 0 bridgehead atoms. The quantitative estimate of drug-likeness (QED) is 0.762. The maximum Gasteiger partial charge on any atom is 0.145 e. The molecule has 2 N–H and O–H groups in total. The molecule has 1 rings (SSSR count). The van der Waals surface area contributed by atoms with E-state index in [1.54, 1.807) is 12.1 Å². The summed E-state index contributed by atoms with van der Waals surface area (Å²) >= 11 is 0. The molecule has 0 heterocycles. The van der Waals surface area contributed by atoms with Crippen molar-refractivity contribution in [3.05, 3.63) is 17.7 Å². The van der Waals surface area contributed by atoms with Gasteiger partial charge in [-0.2, -0.15) is 0 Å². The van der Waals surface area contributed by atoms with Crippen LogP contribution >= 0.6 is 0 Å². The SMILES string of the molecule is COc1cc(CC(C)=O)cc(OC)c1N. The Labute approximate surface area is 89.0 Å². The highest BCUT2D eigenvalue weighted by atomic mass is 16.5. The fourth-order valence-corrected chi connectivity index (χ4v) is 1.38. The molecule has 0 atom stereocenters. The number of carbonyl (C=O) groups excluding carboxylic acids is 1. The second-order valence-corrected chi connectivity index (χ2v) is 3.29. The first-order chi connectivity index (χ1) is 7.08. The van der Waals surface area contributed by atoms with Crippen LogP contribution in [0.5, 0.6) is 11.5 Å². The number of Topliss-reactive ketones (excluding diaryl/α,β-unsaturated/α-hetero) is 1. The van der Waals surface area contributed by atoms with Crippen molar-refractivity contribution < 1.29 is 14.3 Å². The summed E-state index contributed by atoms with van der Waals surface area (Å²) in [6.07, 6.45) is 0.354. The van der Waals surface area contributed by atoms with Crippen molar-refractivity contribution in [3.8, 4) is 11.5 Å². The first-order valence-corrected chi connectivity index (χ1v) is 4.58. The van der Waals surface area contributed by atoms with Crippen LogP contribution in [-0.4, -0.2) is 20.0 Å². The van der Waals surface area contributed by atoms with E-state index in [9.17, 15) is 4.79 Å². The second-order valence-electron chi connectivity index (χ2n) is 3.29. The van der Waals surface area contributed by atoms with Crippen LogP contribution in [0.25, 0.3) is 0 Å². The summed E-state index contributed by atoms with van der Waals surface area (Å²) in [7, 11) is 3.06. The van der Waals surface area contributed by atoms with Crippen molar-refractivity contribution in [2.24, 2.45) is 0 Å². The van der Waals surface area contributed by atoms with E-state index in [1.165, 1.54) is 21.1 Å². The number of carbonyl (C=O) groups is 1. The molecule has 4 heteroatoms. The van der Waals surface area contributed by atoms with E-state index in [2.05, 4.69) is 0 Å². The molecule has 1 aromatic rings. The molecule has 1 aromatic carbocycles. The molecule has 0 aliphatic rings. The van der Waals surface area contributed by atoms with Gasteiger partial charge in [0.1, 0.15) is 23.0 Å². The highest BCUT2D eigenvalue weighted by Crippen LogP contribution is 2.33. The Kier molecular flexibility index (Phi) is 3.55. The van der Waals surface area contributed by atoms with Crippen molar-refractivity contribution >= 4 is 11.5 Å². The number of ether oxygens (including phenoxy) is 2. The van der Waals surface area contributed by atoms with Gasteiger partial charge in [-0.05, 0) is 24.6 Å². The van der Waals surface area contributed by atoms with Gasteiger partial charge >= 0.3 is 0 Å². The third-order valence-electron chi connectivity index (χ3n) is 2.06. The number of anilines is 1. The number of hydrogen-bond acceptors (Lipinski definition) is 4. The highest BCUT2D eigenvalue weighted by molar-refractivity contribution is 5.79.